The molecule has 0 saturated carbocycles. The largest absolute Gasteiger partial charge is 0.383 e. The minimum atomic E-state index is 0.00538. The van der Waals surface area contributed by atoms with E-state index in [2.05, 4.69) is 10.6 Å². The first-order valence-corrected chi connectivity index (χ1v) is 6.31. The maximum atomic E-state index is 11.6. The van der Waals surface area contributed by atoms with E-state index >= 15 is 0 Å². The minimum absolute atomic E-state index is 0.00538. The molecule has 4 nitrogen and oxygen atoms in total. The van der Waals surface area contributed by atoms with Crippen molar-refractivity contribution in [1.82, 2.24) is 10.6 Å². The van der Waals surface area contributed by atoms with Crippen molar-refractivity contribution in [3.63, 3.8) is 0 Å². The molecule has 100 valence electrons. The highest BCUT2D eigenvalue weighted by Crippen LogP contribution is 2.10. The number of ether oxygens (including phenoxy) is 1. The highest BCUT2D eigenvalue weighted by molar-refractivity contribution is 6.30. The summed E-state index contributed by atoms with van der Waals surface area (Å²) >= 11 is 5.85. The van der Waals surface area contributed by atoms with Crippen molar-refractivity contribution in [3.05, 3.63) is 34.9 Å². The lowest BCUT2D eigenvalue weighted by atomic mass is 10.1. The minimum Gasteiger partial charge on any atom is -0.383 e. The number of halogens is 1. The van der Waals surface area contributed by atoms with Gasteiger partial charge in [-0.05, 0) is 17.7 Å². The van der Waals surface area contributed by atoms with Crippen LogP contribution in [0.15, 0.2) is 24.3 Å². The van der Waals surface area contributed by atoms with E-state index in [1.54, 1.807) is 19.2 Å². The summed E-state index contributed by atoms with van der Waals surface area (Å²) in [7, 11) is 1.66. The van der Waals surface area contributed by atoms with Crippen LogP contribution >= 0.6 is 11.6 Å². The number of nitrogens with one attached hydrogen (secondary N) is 2. The third-order valence-electron chi connectivity index (χ3n) is 2.36. The summed E-state index contributed by atoms with van der Waals surface area (Å²) < 4.78 is 4.90. The molecule has 1 aromatic rings. The molecule has 1 aromatic carbocycles. The smallest absolute Gasteiger partial charge is 0.224 e. The molecule has 0 heterocycles. The predicted molar refractivity (Wildman–Crippen MR) is 72.9 cm³/mol. The van der Waals surface area contributed by atoms with Crippen LogP contribution in [0.3, 0.4) is 0 Å². The Balaban J connectivity index is 2.14. The molecule has 1 amide bonds. The van der Waals surface area contributed by atoms with Gasteiger partial charge >= 0.3 is 0 Å². The topological polar surface area (TPSA) is 50.4 Å². The van der Waals surface area contributed by atoms with Crippen molar-refractivity contribution < 1.29 is 9.53 Å². The fraction of sp³-hybridized carbons (Fsp3) is 0.462. The molecule has 1 rings (SSSR count). The molecule has 0 aliphatic heterocycles. The van der Waals surface area contributed by atoms with Crippen molar-refractivity contribution in [3.8, 4) is 0 Å². The van der Waals surface area contributed by atoms with E-state index in [1.165, 1.54) is 0 Å². The molecule has 2 N–H and O–H groups in total. The summed E-state index contributed by atoms with van der Waals surface area (Å²) in [6, 6.07) is 7.33. The van der Waals surface area contributed by atoms with E-state index in [-0.39, 0.29) is 5.91 Å². The van der Waals surface area contributed by atoms with Crippen LogP contribution in [0.4, 0.5) is 0 Å². The maximum Gasteiger partial charge on any atom is 0.224 e. The molecule has 0 radical (unpaired) electrons. The van der Waals surface area contributed by atoms with Gasteiger partial charge in [-0.25, -0.2) is 0 Å². The number of methoxy groups -OCH3 is 1. The summed E-state index contributed by atoms with van der Waals surface area (Å²) in [5.41, 5.74) is 0.923. The Bertz CT molecular complexity index is 372. The molecule has 0 aliphatic rings. The Labute approximate surface area is 113 Å². The SMILES string of the molecule is COCCNCCNC(=O)Cc1cccc(Cl)c1. The van der Waals surface area contributed by atoms with Crippen LogP contribution in [-0.2, 0) is 16.0 Å². The fourth-order valence-corrected chi connectivity index (χ4v) is 1.70. The van der Waals surface area contributed by atoms with Crippen molar-refractivity contribution in [1.29, 1.82) is 0 Å². The molecule has 18 heavy (non-hydrogen) atoms. The molecule has 0 fully saturated rings. The number of hydrogen-bond donors (Lipinski definition) is 2. The average Bonchev–Trinajstić information content (AvgIpc) is 2.33. The van der Waals surface area contributed by atoms with Crippen LogP contribution in [0.5, 0.6) is 0 Å². The van der Waals surface area contributed by atoms with Gasteiger partial charge in [0.05, 0.1) is 13.0 Å². The van der Waals surface area contributed by atoms with Crippen molar-refractivity contribution in [2.45, 2.75) is 6.42 Å². The van der Waals surface area contributed by atoms with Crippen molar-refractivity contribution in [2.75, 3.05) is 33.4 Å². The molecule has 0 atom stereocenters. The Kier molecular flexibility index (Phi) is 7.41. The number of rotatable bonds is 8. The van der Waals surface area contributed by atoms with Crippen LogP contribution in [0.25, 0.3) is 0 Å². The standard InChI is InChI=1S/C13H19ClN2O2/c1-18-8-7-15-5-6-16-13(17)10-11-3-2-4-12(14)9-11/h2-4,9,15H,5-8,10H2,1H3,(H,16,17). The molecule has 0 bridgehead atoms. The first-order valence-electron chi connectivity index (χ1n) is 5.93. The summed E-state index contributed by atoms with van der Waals surface area (Å²) in [5.74, 6) is 0.00538. The van der Waals surface area contributed by atoms with Crippen LogP contribution in [0.1, 0.15) is 5.56 Å². The van der Waals surface area contributed by atoms with E-state index in [0.29, 0.717) is 24.6 Å². The van der Waals surface area contributed by atoms with Crippen molar-refractivity contribution >= 4 is 17.5 Å². The number of amides is 1. The van der Waals surface area contributed by atoms with Gasteiger partial charge in [-0.2, -0.15) is 0 Å². The van der Waals surface area contributed by atoms with Gasteiger partial charge in [-0.1, -0.05) is 23.7 Å². The van der Waals surface area contributed by atoms with E-state index < -0.39 is 0 Å². The maximum absolute atomic E-state index is 11.6. The molecular formula is C13H19ClN2O2. The average molecular weight is 271 g/mol. The lowest BCUT2D eigenvalue weighted by molar-refractivity contribution is -0.120. The molecule has 0 spiro atoms. The third-order valence-corrected chi connectivity index (χ3v) is 2.60. The summed E-state index contributed by atoms with van der Waals surface area (Å²) in [4.78, 5) is 11.6. The van der Waals surface area contributed by atoms with Gasteiger partial charge in [0, 0.05) is 31.8 Å². The summed E-state index contributed by atoms with van der Waals surface area (Å²) in [5, 5.41) is 6.65. The quantitative estimate of drug-likeness (QED) is 0.699. The van der Waals surface area contributed by atoms with Crippen LogP contribution < -0.4 is 10.6 Å². The predicted octanol–water partition coefficient (Wildman–Crippen LogP) is 1.23. The zero-order valence-corrected chi connectivity index (χ0v) is 11.3. The first kappa shape index (κ1) is 15.0. The molecule has 0 unspecified atom stereocenters. The highest BCUT2D eigenvalue weighted by atomic mass is 35.5. The lowest BCUT2D eigenvalue weighted by Crippen LogP contribution is -2.33. The van der Waals surface area contributed by atoms with E-state index in [0.717, 1.165) is 18.7 Å². The molecule has 5 heteroatoms. The monoisotopic (exact) mass is 270 g/mol. The van der Waals surface area contributed by atoms with Gasteiger partial charge in [-0.3, -0.25) is 4.79 Å². The molecule has 0 aromatic heterocycles. The van der Waals surface area contributed by atoms with Gasteiger partial charge in [0.15, 0.2) is 0 Å². The van der Waals surface area contributed by atoms with Crippen LogP contribution in [-0.4, -0.2) is 39.3 Å². The Hall–Kier alpha value is -1.10. The normalized spacial score (nSPS) is 10.3. The van der Waals surface area contributed by atoms with Gasteiger partial charge in [0.25, 0.3) is 0 Å². The molecule has 0 aliphatic carbocycles. The molecular weight excluding hydrogens is 252 g/mol. The van der Waals surface area contributed by atoms with Gasteiger partial charge in [-0.15, -0.1) is 0 Å². The number of carbonyl (C=O) groups excluding carboxylic acids is 1. The summed E-state index contributed by atoms with van der Waals surface area (Å²) in [6.45, 7) is 2.82. The van der Waals surface area contributed by atoms with Gasteiger partial charge < -0.3 is 15.4 Å². The lowest BCUT2D eigenvalue weighted by Gasteiger charge is -2.06. The zero-order valence-electron chi connectivity index (χ0n) is 10.5. The Morgan fingerprint density at radius 3 is 2.89 bits per heavy atom. The van der Waals surface area contributed by atoms with Crippen LogP contribution in [0.2, 0.25) is 5.02 Å². The third kappa shape index (κ3) is 6.59. The number of hydrogen-bond acceptors (Lipinski definition) is 3. The van der Waals surface area contributed by atoms with E-state index in [4.69, 9.17) is 16.3 Å². The van der Waals surface area contributed by atoms with E-state index in [9.17, 15) is 4.79 Å². The second-order valence-corrected chi connectivity index (χ2v) is 4.34. The van der Waals surface area contributed by atoms with Crippen LogP contribution in [0, 0.1) is 0 Å². The van der Waals surface area contributed by atoms with Gasteiger partial charge in [0.2, 0.25) is 5.91 Å². The highest BCUT2D eigenvalue weighted by Gasteiger charge is 2.02. The molecule has 0 saturated heterocycles. The second kappa shape index (κ2) is 8.91. The Morgan fingerprint density at radius 1 is 1.33 bits per heavy atom. The second-order valence-electron chi connectivity index (χ2n) is 3.90. The zero-order chi connectivity index (χ0) is 13.2. The number of carbonyl (C=O) groups is 1. The fourth-order valence-electron chi connectivity index (χ4n) is 1.48. The van der Waals surface area contributed by atoms with Crippen molar-refractivity contribution in [2.24, 2.45) is 0 Å². The Morgan fingerprint density at radius 2 is 2.17 bits per heavy atom. The van der Waals surface area contributed by atoms with Gasteiger partial charge in [0.1, 0.15) is 0 Å². The summed E-state index contributed by atoms with van der Waals surface area (Å²) in [6.07, 6.45) is 0.360. The van der Waals surface area contributed by atoms with E-state index in [1.807, 2.05) is 12.1 Å². The first-order chi connectivity index (χ1) is 8.72. The number of benzene rings is 1.